The van der Waals surface area contributed by atoms with E-state index in [9.17, 15) is 18.4 Å². The van der Waals surface area contributed by atoms with Gasteiger partial charge in [0.1, 0.15) is 17.4 Å². The first-order valence-electron chi connectivity index (χ1n) is 12.0. The van der Waals surface area contributed by atoms with Gasteiger partial charge in [-0.25, -0.2) is 8.78 Å². The summed E-state index contributed by atoms with van der Waals surface area (Å²) >= 11 is 0. The number of hydrogen-bond acceptors (Lipinski definition) is 5. The predicted molar refractivity (Wildman–Crippen MR) is 144 cm³/mol. The van der Waals surface area contributed by atoms with E-state index in [0.717, 1.165) is 10.2 Å². The molecule has 0 fully saturated rings. The average molecular weight is 525 g/mol. The normalized spacial score (nSPS) is 10.6. The van der Waals surface area contributed by atoms with Crippen LogP contribution in [0.1, 0.15) is 15.9 Å². The Bertz CT molecular complexity index is 1640. The SMILES string of the molecule is O=C(NCc1ccccc1)c1ccc(Nc2c(Oc3ccc(F)cc3)cnn(-c3ccc(F)cc3)c2=O)cc1. The summed E-state index contributed by atoms with van der Waals surface area (Å²) in [6.07, 6.45) is 1.34. The summed E-state index contributed by atoms with van der Waals surface area (Å²) < 4.78 is 33.7. The Labute approximate surface area is 222 Å². The molecule has 4 aromatic carbocycles. The number of rotatable bonds is 8. The molecule has 0 aliphatic carbocycles. The highest BCUT2D eigenvalue weighted by Gasteiger charge is 2.16. The highest BCUT2D eigenvalue weighted by molar-refractivity contribution is 5.94. The van der Waals surface area contributed by atoms with Crippen LogP contribution in [0.25, 0.3) is 5.69 Å². The first-order valence-corrected chi connectivity index (χ1v) is 12.0. The van der Waals surface area contributed by atoms with Crippen LogP contribution >= 0.6 is 0 Å². The smallest absolute Gasteiger partial charge is 0.299 e. The number of ether oxygens (including phenoxy) is 1. The molecule has 0 aliphatic rings. The molecule has 5 rings (SSSR count). The van der Waals surface area contributed by atoms with E-state index in [1.54, 1.807) is 24.3 Å². The standard InChI is InChI=1S/C30H22F2N4O3/c31-22-8-14-25(15-9-22)36-30(38)28(27(19-34-36)39-26-16-10-23(32)11-17-26)35-24-12-6-21(7-13-24)29(37)33-18-20-4-2-1-3-5-20/h1-17,19,35H,18H2,(H,33,37). The monoisotopic (exact) mass is 524 g/mol. The minimum Gasteiger partial charge on any atom is -0.453 e. The van der Waals surface area contributed by atoms with Crippen LogP contribution in [-0.2, 0) is 6.54 Å². The van der Waals surface area contributed by atoms with E-state index in [0.29, 0.717) is 29.2 Å². The second-order valence-corrected chi connectivity index (χ2v) is 8.50. The summed E-state index contributed by atoms with van der Waals surface area (Å²) in [7, 11) is 0. The first kappa shape index (κ1) is 25.3. The fourth-order valence-corrected chi connectivity index (χ4v) is 3.76. The molecule has 2 N–H and O–H groups in total. The van der Waals surface area contributed by atoms with E-state index in [1.807, 2.05) is 30.3 Å². The molecule has 0 saturated heterocycles. The van der Waals surface area contributed by atoms with Gasteiger partial charge < -0.3 is 15.4 Å². The number of aromatic nitrogens is 2. The molecule has 0 radical (unpaired) electrons. The van der Waals surface area contributed by atoms with E-state index in [4.69, 9.17) is 4.74 Å². The van der Waals surface area contributed by atoms with E-state index in [1.165, 1.54) is 54.7 Å². The molecule has 1 heterocycles. The third-order valence-corrected chi connectivity index (χ3v) is 5.77. The quantitative estimate of drug-likeness (QED) is 0.261. The third kappa shape index (κ3) is 6.16. The Morgan fingerprint density at radius 1 is 0.821 bits per heavy atom. The summed E-state index contributed by atoms with van der Waals surface area (Å²) in [5, 5.41) is 10.1. The zero-order valence-corrected chi connectivity index (χ0v) is 20.5. The van der Waals surface area contributed by atoms with Crippen molar-refractivity contribution in [2.75, 3.05) is 5.32 Å². The Balaban J connectivity index is 1.41. The van der Waals surface area contributed by atoms with Gasteiger partial charge in [0.05, 0.1) is 11.9 Å². The number of nitrogens with zero attached hydrogens (tertiary/aromatic N) is 2. The topological polar surface area (TPSA) is 85.2 Å². The predicted octanol–water partition coefficient (Wildman–Crippen LogP) is 5.98. The van der Waals surface area contributed by atoms with Crippen molar-refractivity contribution < 1.29 is 18.3 Å². The number of benzene rings is 4. The molecule has 0 saturated carbocycles. The van der Waals surface area contributed by atoms with Crippen molar-refractivity contribution in [2.45, 2.75) is 6.54 Å². The van der Waals surface area contributed by atoms with Gasteiger partial charge >= 0.3 is 0 Å². The molecule has 0 bridgehead atoms. The van der Waals surface area contributed by atoms with Gasteiger partial charge in [-0.1, -0.05) is 30.3 Å². The van der Waals surface area contributed by atoms with Crippen LogP contribution in [0.2, 0.25) is 0 Å². The zero-order chi connectivity index (χ0) is 27.2. The molecule has 9 heteroatoms. The van der Waals surface area contributed by atoms with E-state index in [2.05, 4.69) is 15.7 Å². The number of anilines is 2. The van der Waals surface area contributed by atoms with Gasteiger partial charge in [0.25, 0.3) is 11.5 Å². The van der Waals surface area contributed by atoms with Crippen molar-refractivity contribution >= 4 is 17.3 Å². The van der Waals surface area contributed by atoms with Crippen molar-refractivity contribution in [1.29, 1.82) is 0 Å². The summed E-state index contributed by atoms with van der Waals surface area (Å²) in [5.74, 6) is -0.735. The summed E-state index contributed by atoms with van der Waals surface area (Å²) in [5.41, 5.74) is 1.76. The van der Waals surface area contributed by atoms with Crippen LogP contribution in [0, 0.1) is 11.6 Å². The van der Waals surface area contributed by atoms with Crippen LogP contribution < -0.4 is 20.9 Å². The highest BCUT2D eigenvalue weighted by atomic mass is 19.1. The third-order valence-electron chi connectivity index (χ3n) is 5.77. The molecule has 1 aromatic heterocycles. The zero-order valence-electron chi connectivity index (χ0n) is 20.5. The fraction of sp³-hybridized carbons (Fsp3) is 0.0333. The van der Waals surface area contributed by atoms with Crippen LogP contribution in [0.15, 0.2) is 114 Å². The van der Waals surface area contributed by atoms with E-state index in [-0.39, 0.29) is 17.3 Å². The number of carbonyl (C=O) groups is 1. The number of amides is 1. The van der Waals surface area contributed by atoms with Crippen LogP contribution in [0.3, 0.4) is 0 Å². The van der Waals surface area contributed by atoms with Gasteiger partial charge in [-0.05, 0) is 78.4 Å². The highest BCUT2D eigenvalue weighted by Crippen LogP contribution is 2.29. The Kier molecular flexibility index (Phi) is 7.40. The Hall–Kier alpha value is -5.31. The molecule has 0 aliphatic heterocycles. The van der Waals surface area contributed by atoms with Gasteiger partial charge in [0.2, 0.25) is 0 Å². The van der Waals surface area contributed by atoms with Gasteiger partial charge in [-0.3, -0.25) is 9.59 Å². The van der Waals surface area contributed by atoms with Crippen molar-refractivity contribution in [2.24, 2.45) is 0 Å². The maximum Gasteiger partial charge on any atom is 0.299 e. The average Bonchev–Trinajstić information content (AvgIpc) is 2.96. The lowest BCUT2D eigenvalue weighted by molar-refractivity contribution is 0.0951. The van der Waals surface area contributed by atoms with Crippen molar-refractivity contribution in [3.8, 4) is 17.2 Å². The molecule has 194 valence electrons. The molecule has 5 aromatic rings. The second kappa shape index (κ2) is 11.4. The molecule has 7 nitrogen and oxygen atoms in total. The van der Waals surface area contributed by atoms with Gasteiger partial charge in [0, 0.05) is 17.8 Å². The minimum atomic E-state index is -0.564. The largest absolute Gasteiger partial charge is 0.453 e. The number of carbonyl (C=O) groups excluding carboxylic acids is 1. The molecule has 0 unspecified atom stereocenters. The van der Waals surface area contributed by atoms with E-state index >= 15 is 0 Å². The Morgan fingerprint density at radius 3 is 2.13 bits per heavy atom. The first-order chi connectivity index (χ1) is 19.0. The van der Waals surface area contributed by atoms with Crippen molar-refractivity contribution in [1.82, 2.24) is 15.1 Å². The molecule has 1 amide bonds. The number of nitrogens with one attached hydrogen (secondary N) is 2. The minimum absolute atomic E-state index is 0.0416. The van der Waals surface area contributed by atoms with Gasteiger partial charge in [-0.2, -0.15) is 9.78 Å². The van der Waals surface area contributed by atoms with Crippen molar-refractivity contribution in [3.63, 3.8) is 0 Å². The van der Waals surface area contributed by atoms with Crippen LogP contribution in [0.4, 0.5) is 20.2 Å². The van der Waals surface area contributed by atoms with Crippen molar-refractivity contribution in [3.05, 3.63) is 142 Å². The Morgan fingerprint density at radius 2 is 1.46 bits per heavy atom. The fourth-order valence-electron chi connectivity index (χ4n) is 3.76. The lowest BCUT2D eigenvalue weighted by atomic mass is 10.1. The molecular weight excluding hydrogens is 502 g/mol. The molecule has 0 atom stereocenters. The lowest BCUT2D eigenvalue weighted by Gasteiger charge is -2.15. The molecule has 39 heavy (non-hydrogen) atoms. The molecule has 0 spiro atoms. The van der Waals surface area contributed by atoms with Gasteiger partial charge in [0.15, 0.2) is 11.4 Å². The van der Waals surface area contributed by atoms with Crippen LogP contribution in [0.5, 0.6) is 11.5 Å². The van der Waals surface area contributed by atoms with E-state index < -0.39 is 17.2 Å². The van der Waals surface area contributed by atoms with Gasteiger partial charge in [-0.15, -0.1) is 0 Å². The number of hydrogen-bond donors (Lipinski definition) is 2. The molecular formula is C30H22F2N4O3. The second-order valence-electron chi connectivity index (χ2n) is 8.50. The lowest BCUT2D eigenvalue weighted by Crippen LogP contribution is -2.24. The summed E-state index contributed by atoms with van der Waals surface area (Å²) in [6.45, 7) is 0.393. The van der Waals surface area contributed by atoms with Crippen LogP contribution in [-0.4, -0.2) is 15.7 Å². The maximum atomic E-state index is 13.5. The number of halogens is 2. The summed E-state index contributed by atoms with van der Waals surface area (Å²) in [4.78, 5) is 26.0. The maximum absolute atomic E-state index is 13.5. The summed E-state index contributed by atoms with van der Waals surface area (Å²) in [6, 6.07) is 26.7.